The standard InChI is InChI=1S/C27H55N/c1-10-23(22(8)19(2)3)15-16-27(21(6)7)25-14-13-24(18-25)26(20(4)5)12-11-17-28-9/h19-28H,10-18H2,1-9H3. The van der Waals surface area contributed by atoms with Gasteiger partial charge in [0.1, 0.15) is 0 Å². The van der Waals surface area contributed by atoms with Gasteiger partial charge in [-0.15, -0.1) is 0 Å². The van der Waals surface area contributed by atoms with Crippen LogP contribution in [0, 0.1) is 53.3 Å². The fraction of sp³-hybridized carbons (Fsp3) is 1.00. The van der Waals surface area contributed by atoms with E-state index in [4.69, 9.17) is 0 Å². The molecular weight excluding hydrogens is 338 g/mol. The maximum atomic E-state index is 3.34. The van der Waals surface area contributed by atoms with E-state index in [0.29, 0.717) is 0 Å². The van der Waals surface area contributed by atoms with Gasteiger partial charge in [0.05, 0.1) is 0 Å². The van der Waals surface area contributed by atoms with Gasteiger partial charge in [-0.25, -0.2) is 0 Å². The second kappa shape index (κ2) is 13.3. The van der Waals surface area contributed by atoms with Crippen molar-refractivity contribution >= 4 is 0 Å². The molecule has 0 saturated heterocycles. The van der Waals surface area contributed by atoms with Crippen LogP contribution in [0.15, 0.2) is 0 Å². The second-order valence-corrected chi connectivity index (χ2v) is 11.2. The average molecular weight is 394 g/mol. The fourth-order valence-corrected chi connectivity index (χ4v) is 6.36. The molecule has 0 bridgehead atoms. The van der Waals surface area contributed by atoms with Crippen molar-refractivity contribution < 1.29 is 0 Å². The molecule has 0 aliphatic heterocycles. The Morgan fingerprint density at radius 2 is 1.29 bits per heavy atom. The van der Waals surface area contributed by atoms with Crippen molar-refractivity contribution in [2.24, 2.45) is 53.3 Å². The molecule has 1 aliphatic rings. The molecule has 1 heteroatoms. The first-order chi connectivity index (χ1) is 13.2. The molecule has 1 saturated carbocycles. The molecule has 0 aromatic rings. The fourth-order valence-electron chi connectivity index (χ4n) is 6.36. The van der Waals surface area contributed by atoms with Crippen molar-refractivity contribution in [3.8, 4) is 0 Å². The molecule has 28 heavy (non-hydrogen) atoms. The van der Waals surface area contributed by atoms with Crippen molar-refractivity contribution in [3.63, 3.8) is 0 Å². The Balaban J connectivity index is 2.67. The third-order valence-electron chi connectivity index (χ3n) is 8.59. The van der Waals surface area contributed by atoms with Crippen molar-refractivity contribution in [1.82, 2.24) is 5.32 Å². The van der Waals surface area contributed by atoms with E-state index in [1.807, 2.05) is 0 Å². The van der Waals surface area contributed by atoms with Crippen LogP contribution in [0.4, 0.5) is 0 Å². The summed E-state index contributed by atoms with van der Waals surface area (Å²) in [6.45, 7) is 20.8. The smallest absolute Gasteiger partial charge is 0.00518 e. The SMILES string of the molecule is CCC(CCC(C(C)C)C1CCC(C(CCCNC)C(C)C)C1)C(C)C(C)C. The summed E-state index contributed by atoms with van der Waals surface area (Å²) in [7, 11) is 2.09. The minimum absolute atomic E-state index is 0.822. The van der Waals surface area contributed by atoms with Gasteiger partial charge in [-0.3, -0.25) is 0 Å². The highest BCUT2D eigenvalue weighted by Gasteiger charge is 2.36. The first kappa shape index (κ1) is 26.0. The molecule has 0 spiro atoms. The van der Waals surface area contributed by atoms with Crippen molar-refractivity contribution in [1.29, 1.82) is 0 Å². The summed E-state index contributed by atoms with van der Waals surface area (Å²) in [6.07, 6.45) is 11.6. The lowest BCUT2D eigenvalue weighted by molar-refractivity contribution is 0.174. The second-order valence-electron chi connectivity index (χ2n) is 11.2. The molecule has 1 nitrogen and oxygen atoms in total. The number of rotatable bonds is 14. The predicted molar refractivity (Wildman–Crippen MR) is 128 cm³/mol. The zero-order valence-corrected chi connectivity index (χ0v) is 21.1. The number of nitrogens with one attached hydrogen (secondary N) is 1. The van der Waals surface area contributed by atoms with Crippen LogP contribution in [0.5, 0.6) is 0 Å². The van der Waals surface area contributed by atoms with Crippen LogP contribution in [0.25, 0.3) is 0 Å². The quantitative estimate of drug-likeness (QED) is 0.294. The van der Waals surface area contributed by atoms with Gasteiger partial charge in [-0.05, 0) is 112 Å². The molecular formula is C27H55N. The van der Waals surface area contributed by atoms with Gasteiger partial charge in [-0.1, -0.05) is 61.8 Å². The molecule has 0 aromatic carbocycles. The van der Waals surface area contributed by atoms with Crippen LogP contribution in [0.2, 0.25) is 0 Å². The molecule has 0 radical (unpaired) electrons. The number of hydrogen-bond acceptors (Lipinski definition) is 1. The molecule has 0 amide bonds. The summed E-state index contributed by atoms with van der Waals surface area (Å²) in [5.41, 5.74) is 0. The lowest BCUT2D eigenvalue weighted by atomic mass is 9.73. The monoisotopic (exact) mass is 393 g/mol. The van der Waals surface area contributed by atoms with E-state index in [-0.39, 0.29) is 0 Å². The van der Waals surface area contributed by atoms with Crippen LogP contribution in [-0.4, -0.2) is 13.6 Å². The van der Waals surface area contributed by atoms with E-state index in [0.717, 1.165) is 53.3 Å². The first-order valence-electron chi connectivity index (χ1n) is 12.9. The minimum atomic E-state index is 0.822. The highest BCUT2D eigenvalue weighted by Crippen LogP contribution is 2.46. The van der Waals surface area contributed by atoms with E-state index < -0.39 is 0 Å². The number of hydrogen-bond donors (Lipinski definition) is 1. The molecule has 1 rings (SSSR count). The Morgan fingerprint density at radius 1 is 0.750 bits per heavy atom. The largest absolute Gasteiger partial charge is 0.320 e. The van der Waals surface area contributed by atoms with Crippen LogP contribution >= 0.6 is 0 Å². The zero-order chi connectivity index (χ0) is 21.3. The van der Waals surface area contributed by atoms with E-state index >= 15 is 0 Å². The molecule has 168 valence electrons. The summed E-state index contributed by atoms with van der Waals surface area (Å²) in [5.74, 6) is 8.16. The maximum absolute atomic E-state index is 3.34. The van der Waals surface area contributed by atoms with E-state index in [2.05, 4.69) is 67.8 Å². The third kappa shape index (κ3) is 8.00. The lowest BCUT2D eigenvalue weighted by Gasteiger charge is -2.33. The summed E-state index contributed by atoms with van der Waals surface area (Å²) < 4.78 is 0. The summed E-state index contributed by atoms with van der Waals surface area (Å²) in [6, 6.07) is 0. The summed E-state index contributed by atoms with van der Waals surface area (Å²) in [4.78, 5) is 0. The van der Waals surface area contributed by atoms with Crippen molar-refractivity contribution in [2.75, 3.05) is 13.6 Å². The summed E-state index contributed by atoms with van der Waals surface area (Å²) in [5, 5.41) is 3.34. The Labute approximate surface area is 179 Å². The first-order valence-corrected chi connectivity index (χ1v) is 12.9. The van der Waals surface area contributed by atoms with Gasteiger partial charge in [0, 0.05) is 0 Å². The summed E-state index contributed by atoms with van der Waals surface area (Å²) >= 11 is 0. The highest BCUT2D eigenvalue weighted by atomic mass is 14.8. The Morgan fingerprint density at radius 3 is 1.71 bits per heavy atom. The van der Waals surface area contributed by atoms with Gasteiger partial charge in [-0.2, -0.15) is 0 Å². The van der Waals surface area contributed by atoms with Gasteiger partial charge < -0.3 is 5.32 Å². The molecule has 0 heterocycles. The van der Waals surface area contributed by atoms with Crippen LogP contribution in [0.3, 0.4) is 0 Å². The van der Waals surface area contributed by atoms with Gasteiger partial charge in [0.25, 0.3) is 0 Å². The topological polar surface area (TPSA) is 12.0 Å². The van der Waals surface area contributed by atoms with E-state index in [9.17, 15) is 0 Å². The molecule has 6 atom stereocenters. The van der Waals surface area contributed by atoms with Crippen molar-refractivity contribution in [3.05, 3.63) is 0 Å². The highest BCUT2D eigenvalue weighted by molar-refractivity contribution is 4.87. The van der Waals surface area contributed by atoms with Crippen LogP contribution in [-0.2, 0) is 0 Å². The molecule has 0 aromatic heterocycles. The normalized spacial score (nSPS) is 24.9. The van der Waals surface area contributed by atoms with Gasteiger partial charge >= 0.3 is 0 Å². The third-order valence-corrected chi connectivity index (χ3v) is 8.59. The maximum Gasteiger partial charge on any atom is -0.00518 e. The molecule has 1 aliphatic carbocycles. The van der Waals surface area contributed by atoms with E-state index in [1.165, 1.54) is 57.9 Å². The molecule has 1 fully saturated rings. The zero-order valence-electron chi connectivity index (χ0n) is 21.1. The van der Waals surface area contributed by atoms with Gasteiger partial charge in [0.2, 0.25) is 0 Å². The van der Waals surface area contributed by atoms with E-state index in [1.54, 1.807) is 0 Å². The lowest BCUT2D eigenvalue weighted by Crippen LogP contribution is -2.24. The Kier molecular flexibility index (Phi) is 12.3. The Bertz CT molecular complexity index is 386. The average Bonchev–Trinajstić information content (AvgIpc) is 3.10. The van der Waals surface area contributed by atoms with Crippen LogP contribution in [0.1, 0.15) is 107 Å². The van der Waals surface area contributed by atoms with Crippen LogP contribution < -0.4 is 5.32 Å². The molecule has 1 N–H and O–H groups in total. The molecule has 6 unspecified atom stereocenters. The van der Waals surface area contributed by atoms with Crippen molar-refractivity contribution in [2.45, 2.75) is 107 Å². The van der Waals surface area contributed by atoms with Gasteiger partial charge in [0.15, 0.2) is 0 Å². The predicted octanol–water partition coefficient (Wildman–Crippen LogP) is 8.05. The minimum Gasteiger partial charge on any atom is -0.320 e. The Hall–Kier alpha value is -0.0400.